The summed E-state index contributed by atoms with van der Waals surface area (Å²) in [4.78, 5) is 14.1. The molecular weight excluding hydrogens is 228 g/mol. The number of nitrogens with zero attached hydrogens (tertiary/aromatic N) is 1. The Bertz CT molecular complexity index is 461. The minimum Gasteiger partial charge on any atom is -0.391 e. The minimum absolute atomic E-state index is 0.126. The fourth-order valence-electron chi connectivity index (χ4n) is 2.79. The Morgan fingerprint density at radius 1 is 1.33 bits per heavy atom. The normalized spacial score (nSPS) is 27.1. The van der Waals surface area contributed by atoms with Crippen LogP contribution in [0.5, 0.6) is 0 Å². The Morgan fingerprint density at radius 3 is 2.83 bits per heavy atom. The van der Waals surface area contributed by atoms with Crippen LogP contribution in [0.3, 0.4) is 0 Å². The SMILES string of the molecule is O=C(C1Cc2ccccc2CN1)N1CC[C@@H](O)C1. The molecule has 0 radical (unpaired) electrons. The number of aliphatic hydroxyl groups is 1. The number of β-amino-alcohol motifs (C(OH)–C–C–N with tert-alkyl or cyclic N) is 1. The van der Waals surface area contributed by atoms with E-state index in [0.717, 1.165) is 13.0 Å². The molecule has 2 heterocycles. The van der Waals surface area contributed by atoms with E-state index in [1.807, 2.05) is 12.1 Å². The highest BCUT2D eigenvalue weighted by Gasteiger charge is 2.31. The first kappa shape index (κ1) is 11.7. The summed E-state index contributed by atoms with van der Waals surface area (Å²) in [5, 5.41) is 12.8. The van der Waals surface area contributed by atoms with Crippen molar-refractivity contribution in [1.82, 2.24) is 10.2 Å². The first-order chi connectivity index (χ1) is 8.74. The van der Waals surface area contributed by atoms with Crippen LogP contribution in [0.1, 0.15) is 17.5 Å². The maximum atomic E-state index is 12.3. The number of hydrogen-bond donors (Lipinski definition) is 2. The Morgan fingerprint density at radius 2 is 2.11 bits per heavy atom. The van der Waals surface area contributed by atoms with Crippen molar-refractivity contribution in [3.8, 4) is 0 Å². The molecule has 0 aliphatic carbocycles. The quantitative estimate of drug-likeness (QED) is 0.749. The zero-order chi connectivity index (χ0) is 12.5. The Labute approximate surface area is 107 Å². The lowest BCUT2D eigenvalue weighted by Gasteiger charge is -2.28. The molecule has 0 saturated carbocycles. The van der Waals surface area contributed by atoms with Gasteiger partial charge in [-0.1, -0.05) is 24.3 Å². The van der Waals surface area contributed by atoms with Crippen molar-refractivity contribution in [2.75, 3.05) is 13.1 Å². The van der Waals surface area contributed by atoms with E-state index in [1.54, 1.807) is 4.90 Å². The molecule has 4 nitrogen and oxygen atoms in total. The Kier molecular flexibility index (Phi) is 3.06. The molecule has 1 aromatic carbocycles. The topological polar surface area (TPSA) is 52.6 Å². The van der Waals surface area contributed by atoms with Crippen LogP contribution in [0.4, 0.5) is 0 Å². The number of amides is 1. The van der Waals surface area contributed by atoms with Crippen LogP contribution in [0.15, 0.2) is 24.3 Å². The zero-order valence-corrected chi connectivity index (χ0v) is 10.3. The van der Waals surface area contributed by atoms with Gasteiger partial charge in [0.15, 0.2) is 0 Å². The monoisotopic (exact) mass is 246 g/mol. The van der Waals surface area contributed by atoms with Gasteiger partial charge in [0.2, 0.25) is 5.91 Å². The van der Waals surface area contributed by atoms with Gasteiger partial charge in [0, 0.05) is 19.6 Å². The maximum Gasteiger partial charge on any atom is 0.240 e. The number of aliphatic hydroxyl groups excluding tert-OH is 1. The molecule has 2 aliphatic rings. The van der Waals surface area contributed by atoms with E-state index in [-0.39, 0.29) is 18.1 Å². The van der Waals surface area contributed by atoms with Crippen LogP contribution < -0.4 is 5.32 Å². The summed E-state index contributed by atoms with van der Waals surface area (Å²) in [7, 11) is 0. The molecule has 1 unspecified atom stereocenters. The molecule has 0 aromatic heterocycles. The van der Waals surface area contributed by atoms with Crippen LogP contribution in [-0.2, 0) is 17.8 Å². The molecule has 1 fully saturated rings. The van der Waals surface area contributed by atoms with Gasteiger partial charge in [0.05, 0.1) is 12.1 Å². The first-order valence-electron chi connectivity index (χ1n) is 6.51. The van der Waals surface area contributed by atoms with Gasteiger partial charge in [-0.3, -0.25) is 4.79 Å². The lowest BCUT2D eigenvalue weighted by atomic mass is 9.95. The average Bonchev–Trinajstić information content (AvgIpc) is 2.84. The summed E-state index contributed by atoms with van der Waals surface area (Å²) in [6, 6.07) is 8.10. The third-order valence-electron chi connectivity index (χ3n) is 3.85. The van der Waals surface area contributed by atoms with E-state index in [4.69, 9.17) is 0 Å². The van der Waals surface area contributed by atoms with Crippen LogP contribution in [-0.4, -0.2) is 41.1 Å². The minimum atomic E-state index is -0.343. The Balaban J connectivity index is 1.70. The van der Waals surface area contributed by atoms with Gasteiger partial charge in [-0.05, 0) is 24.0 Å². The molecule has 0 bridgehead atoms. The smallest absolute Gasteiger partial charge is 0.240 e. The highest BCUT2D eigenvalue weighted by molar-refractivity contribution is 5.83. The average molecular weight is 246 g/mol. The number of rotatable bonds is 1. The van der Waals surface area contributed by atoms with Crippen LogP contribution in [0.25, 0.3) is 0 Å². The predicted molar refractivity (Wildman–Crippen MR) is 68.0 cm³/mol. The molecule has 1 amide bonds. The summed E-state index contributed by atoms with van der Waals surface area (Å²) in [5.74, 6) is 0.126. The molecular formula is C14H18N2O2. The third-order valence-corrected chi connectivity index (χ3v) is 3.85. The van der Waals surface area contributed by atoms with Gasteiger partial charge in [-0.15, -0.1) is 0 Å². The maximum absolute atomic E-state index is 12.3. The van der Waals surface area contributed by atoms with Crippen molar-refractivity contribution >= 4 is 5.91 Å². The third kappa shape index (κ3) is 2.13. The van der Waals surface area contributed by atoms with Crippen LogP contribution in [0.2, 0.25) is 0 Å². The largest absolute Gasteiger partial charge is 0.391 e. The zero-order valence-electron chi connectivity index (χ0n) is 10.3. The van der Waals surface area contributed by atoms with E-state index in [0.29, 0.717) is 19.5 Å². The summed E-state index contributed by atoms with van der Waals surface area (Å²) in [5.41, 5.74) is 2.54. The van der Waals surface area contributed by atoms with E-state index < -0.39 is 0 Å². The number of carbonyl (C=O) groups is 1. The van der Waals surface area contributed by atoms with E-state index >= 15 is 0 Å². The summed E-state index contributed by atoms with van der Waals surface area (Å²) < 4.78 is 0. The van der Waals surface area contributed by atoms with Gasteiger partial charge in [-0.25, -0.2) is 0 Å². The highest BCUT2D eigenvalue weighted by atomic mass is 16.3. The van der Waals surface area contributed by atoms with Crippen molar-refractivity contribution in [2.45, 2.75) is 31.5 Å². The highest BCUT2D eigenvalue weighted by Crippen LogP contribution is 2.19. The van der Waals surface area contributed by atoms with Crippen molar-refractivity contribution in [3.05, 3.63) is 35.4 Å². The van der Waals surface area contributed by atoms with E-state index in [2.05, 4.69) is 17.4 Å². The fourth-order valence-corrected chi connectivity index (χ4v) is 2.79. The fraction of sp³-hybridized carbons (Fsp3) is 0.500. The molecule has 1 saturated heterocycles. The summed E-state index contributed by atoms with van der Waals surface area (Å²) >= 11 is 0. The van der Waals surface area contributed by atoms with Gasteiger partial charge >= 0.3 is 0 Å². The molecule has 2 atom stereocenters. The number of benzene rings is 1. The number of fused-ring (bicyclic) bond motifs is 1. The molecule has 18 heavy (non-hydrogen) atoms. The van der Waals surface area contributed by atoms with Crippen LogP contribution in [0, 0.1) is 0 Å². The molecule has 3 rings (SSSR count). The van der Waals surface area contributed by atoms with Gasteiger partial charge in [-0.2, -0.15) is 0 Å². The van der Waals surface area contributed by atoms with Crippen molar-refractivity contribution in [3.63, 3.8) is 0 Å². The number of nitrogens with one attached hydrogen (secondary N) is 1. The van der Waals surface area contributed by atoms with Crippen molar-refractivity contribution in [2.24, 2.45) is 0 Å². The second-order valence-electron chi connectivity index (χ2n) is 5.13. The molecule has 1 aromatic rings. The molecule has 2 aliphatic heterocycles. The molecule has 0 spiro atoms. The van der Waals surface area contributed by atoms with Gasteiger partial charge < -0.3 is 15.3 Å². The van der Waals surface area contributed by atoms with E-state index in [9.17, 15) is 9.90 Å². The lowest BCUT2D eigenvalue weighted by Crippen LogP contribution is -2.48. The van der Waals surface area contributed by atoms with Crippen molar-refractivity contribution < 1.29 is 9.90 Å². The second kappa shape index (κ2) is 4.71. The summed E-state index contributed by atoms with van der Waals surface area (Å²) in [6.45, 7) is 1.92. The number of hydrogen-bond acceptors (Lipinski definition) is 3. The lowest BCUT2D eigenvalue weighted by molar-refractivity contribution is -0.132. The molecule has 2 N–H and O–H groups in total. The molecule has 4 heteroatoms. The molecule has 96 valence electrons. The Hall–Kier alpha value is -1.39. The van der Waals surface area contributed by atoms with Gasteiger partial charge in [0.1, 0.15) is 0 Å². The second-order valence-corrected chi connectivity index (χ2v) is 5.13. The number of likely N-dealkylation sites (tertiary alicyclic amines) is 1. The standard InChI is InChI=1S/C14H18N2O2/c17-12-5-6-16(9-12)14(18)13-7-10-3-1-2-4-11(10)8-15-13/h1-4,12-13,15,17H,5-9H2/t12-,13?/m1/s1. The van der Waals surface area contributed by atoms with Gasteiger partial charge in [0.25, 0.3) is 0 Å². The predicted octanol–water partition coefficient (Wildman–Crippen LogP) is 0.294. The summed E-state index contributed by atoms with van der Waals surface area (Å²) in [6.07, 6.45) is 1.11. The number of carbonyl (C=O) groups excluding carboxylic acids is 1. The first-order valence-corrected chi connectivity index (χ1v) is 6.51. The van der Waals surface area contributed by atoms with Crippen LogP contribution >= 0.6 is 0 Å². The van der Waals surface area contributed by atoms with Crippen molar-refractivity contribution in [1.29, 1.82) is 0 Å². The van der Waals surface area contributed by atoms with E-state index in [1.165, 1.54) is 11.1 Å².